The number of nitrogens with zero attached hydrogens (tertiary/aromatic N) is 2. The van der Waals surface area contributed by atoms with Gasteiger partial charge < -0.3 is 10.1 Å². The van der Waals surface area contributed by atoms with E-state index in [2.05, 4.69) is 10.3 Å². The maximum absolute atomic E-state index is 10.9. The van der Waals surface area contributed by atoms with Gasteiger partial charge >= 0.3 is 5.69 Å². The smallest absolute Gasteiger partial charge is 0.333 e. The lowest BCUT2D eigenvalue weighted by Crippen LogP contribution is -2.16. The minimum absolute atomic E-state index is 0.0292. The lowest BCUT2D eigenvalue weighted by Gasteiger charge is -2.10. The average molecular weight is 237 g/mol. The number of hydrogen-bond donors (Lipinski definition) is 1. The van der Waals surface area contributed by atoms with Gasteiger partial charge in [0.2, 0.25) is 0 Å². The van der Waals surface area contributed by atoms with Gasteiger partial charge in [-0.1, -0.05) is 0 Å². The maximum Gasteiger partial charge on any atom is 0.333 e. The van der Waals surface area contributed by atoms with Crippen LogP contribution in [0.3, 0.4) is 0 Å². The minimum atomic E-state index is -0.440. The molecular formula is C11H15N3O3. The van der Waals surface area contributed by atoms with E-state index in [1.807, 2.05) is 0 Å². The van der Waals surface area contributed by atoms with E-state index >= 15 is 0 Å². The van der Waals surface area contributed by atoms with Gasteiger partial charge in [-0.15, -0.1) is 0 Å². The van der Waals surface area contributed by atoms with Gasteiger partial charge in [0.25, 0.3) is 5.88 Å². The Morgan fingerprint density at radius 2 is 2.53 bits per heavy atom. The lowest BCUT2D eigenvalue weighted by atomic mass is 10.1. The topological polar surface area (TPSA) is 77.3 Å². The van der Waals surface area contributed by atoms with Gasteiger partial charge in [0.1, 0.15) is 0 Å². The molecule has 92 valence electrons. The van der Waals surface area contributed by atoms with Crippen LogP contribution in [-0.4, -0.2) is 29.6 Å². The van der Waals surface area contributed by atoms with Crippen LogP contribution in [0.2, 0.25) is 0 Å². The van der Waals surface area contributed by atoms with Crippen molar-refractivity contribution < 1.29 is 9.66 Å². The van der Waals surface area contributed by atoms with Crippen LogP contribution < -0.4 is 10.1 Å². The maximum atomic E-state index is 10.9. The monoisotopic (exact) mass is 237 g/mol. The van der Waals surface area contributed by atoms with E-state index in [4.69, 9.17) is 4.74 Å². The SMILES string of the molecule is Cc1ccnc(OCC2CCNC2)c1[N+](=O)[O-]. The first-order valence-electron chi connectivity index (χ1n) is 5.62. The normalized spacial score (nSPS) is 19.2. The first kappa shape index (κ1) is 11.8. The Hall–Kier alpha value is -1.69. The Morgan fingerprint density at radius 1 is 1.71 bits per heavy atom. The predicted molar refractivity (Wildman–Crippen MR) is 62.1 cm³/mol. The molecule has 1 aromatic rings. The first-order chi connectivity index (χ1) is 8.18. The predicted octanol–water partition coefficient (Wildman–Crippen LogP) is 1.29. The third-order valence-corrected chi connectivity index (χ3v) is 2.89. The highest BCUT2D eigenvalue weighted by Gasteiger charge is 2.22. The van der Waals surface area contributed by atoms with E-state index < -0.39 is 4.92 Å². The largest absolute Gasteiger partial charge is 0.472 e. The fraction of sp³-hybridized carbons (Fsp3) is 0.545. The second kappa shape index (κ2) is 5.09. The Labute approximate surface area is 99.2 Å². The van der Waals surface area contributed by atoms with Crippen molar-refractivity contribution in [2.24, 2.45) is 5.92 Å². The Bertz CT molecular complexity index is 416. The van der Waals surface area contributed by atoms with Crippen LogP contribution in [0.1, 0.15) is 12.0 Å². The van der Waals surface area contributed by atoms with Gasteiger partial charge in [-0.3, -0.25) is 10.1 Å². The molecule has 1 N–H and O–H groups in total. The summed E-state index contributed by atoms with van der Waals surface area (Å²) in [6.45, 7) is 4.05. The van der Waals surface area contributed by atoms with E-state index in [-0.39, 0.29) is 11.6 Å². The van der Waals surface area contributed by atoms with Gasteiger partial charge in [-0.05, 0) is 26.0 Å². The third kappa shape index (κ3) is 2.71. The molecule has 1 atom stereocenters. The lowest BCUT2D eigenvalue weighted by molar-refractivity contribution is -0.386. The zero-order chi connectivity index (χ0) is 12.3. The van der Waals surface area contributed by atoms with Crippen LogP contribution in [0.5, 0.6) is 5.88 Å². The Balaban J connectivity index is 2.09. The molecule has 0 spiro atoms. The Kier molecular flexibility index (Phi) is 3.53. The zero-order valence-corrected chi connectivity index (χ0v) is 9.68. The molecule has 0 aliphatic carbocycles. The third-order valence-electron chi connectivity index (χ3n) is 2.89. The molecule has 0 radical (unpaired) electrons. The molecule has 0 amide bonds. The van der Waals surface area contributed by atoms with Gasteiger partial charge in [-0.25, -0.2) is 4.98 Å². The summed E-state index contributed by atoms with van der Waals surface area (Å²) in [5, 5.41) is 14.1. The van der Waals surface area contributed by atoms with E-state index in [9.17, 15) is 10.1 Å². The fourth-order valence-corrected chi connectivity index (χ4v) is 1.91. The summed E-state index contributed by atoms with van der Waals surface area (Å²) in [6, 6.07) is 1.61. The average Bonchev–Trinajstić information content (AvgIpc) is 2.78. The summed E-state index contributed by atoms with van der Waals surface area (Å²) >= 11 is 0. The van der Waals surface area contributed by atoms with Crippen molar-refractivity contribution in [2.45, 2.75) is 13.3 Å². The van der Waals surface area contributed by atoms with E-state index in [0.29, 0.717) is 18.1 Å². The molecule has 6 nitrogen and oxygen atoms in total. The van der Waals surface area contributed by atoms with Crippen molar-refractivity contribution in [3.63, 3.8) is 0 Å². The van der Waals surface area contributed by atoms with Gasteiger partial charge in [0, 0.05) is 24.2 Å². The quantitative estimate of drug-likeness (QED) is 0.630. The van der Waals surface area contributed by atoms with Crippen molar-refractivity contribution in [3.8, 4) is 5.88 Å². The van der Waals surface area contributed by atoms with Crippen LogP contribution >= 0.6 is 0 Å². The summed E-state index contributed by atoms with van der Waals surface area (Å²) in [7, 11) is 0. The molecular weight excluding hydrogens is 222 g/mol. The summed E-state index contributed by atoms with van der Waals surface area (Å²) in [6.07, 6.45) is 2.57. The van der Waals surface area contributed by atoms with Gasteiger partial charge in [-0.2, -0.15) is 0 Å². The zero-order valence-electron chi connectivity index (χ0n) is 9.68. The summed E-state index contributed by atoms with van der Waals surface area (Å²) < 4.78 is 5.47. The molecule has 1 saturated heterocycles. The highest BCUT2D eigenvalue weighted by molar-refractivity contribution is 5.47. The highest BCUT2D eigenvalue weighted by atomic mass is 16.6. The molecule has 0 bridgehead atoms. The number of ether oxygens (including phenoxy) is 1. The fourth-order valence-electron chi connectivity index (χ4n) is 1.91. The number of aromatic nitrogens is 1. The molecule has 2 heterocycles. The van der Waals surface area contributed by atoms with Crippen LogP contribution in [0.25, 0.3) is 0 Å². The van der Waals surface area contributed by atoms with Crippen molar-refractivity contribution in [3.05, 3.63) is 27.9 Å². The molecule has 1 aliphatic heterocycles. The van der Waals surface area contributed by atoms with Gasteiger partial charge in [0.15, 0.2) is 0 Å². The van der Waals surface area contributed by atoms with Crippen molar-refractivity contribution >= 4 is 5.69 Å². The van der Waals surface area contributed by atoms with Crippen molar-refractivity contribution in [1.29, 1.82) is 0 Å². The van der Waals surface area contributed by atoms with E-state index in [1.54, 1.807) is 13.0 Å². The first-order valence-corrected chi connectivity index (χ1v) is 5.62. The summed E-state index contributed by atoms with van der Waals surface area (Å²) in [5.74, 6) is 0.541. The Morgan fingerprint density at radius 3 is 3.18 bits per heavy atom. The molecule has 1 unspecified atom stereocenters. The van der Waals surface area contributed by atoms with Crippen LogP contribution in [0.4, 0.5) is 5.69 Å². The molecule has 17 heavy (non-hydrogen) atoms. The number of nitrogens with one attached hydrogen (secondary N) is 1. The second-order valence-corrected chi connectivity index (χ2v) is 4.21. The summed E-state index contributed by atoms with van der Waals surface area (Å²) in [4.78, 5) is 14.4. The van der Waals surface area contributed by atoms with Crippen LogP contribution in [0.15, 0.2) is 12.3 Å². The number of rotatable bonds is 4. The molecule has 1 aliphatic rings. The minimum Gasteiger partial charge on any atom is -0.472 e. The molecule has 2 rings (SSSR count). The van der Waals surface area contributed by atoms with Crippen molar-refractivity contribution in [1.82, 2.24) is 10.3 Å². The summed E-state index contributed by atoms with van der Waals surface area (Å²) in [5.41, 5.74) is 0.544. The number of hydrogen-bond acceptors (Lipinski definition) is 5. The highest BCUT2D eigenvalue weighted by Crippen LogP contribution is 2.28. The standard InChI is InChI=1S/C11H15N3O3/c1-8-2-5-13-11(10(8)14(15)16)17-7-9-3-4-12-6-9/h2,5,9,12H,3-4,6-7H2,1H3. The molecule has 1 fully saturated rings. The molecule has 1 aromatic heterocycles. The van der Waals surface area contributed by atoms with Gasteiger partial charge in [0.05, 0.1) is 11.5 Å². The van der Waals surface area contributed by atoms with Crippen LogP contribution in [-0.2, 0) is 0 Å². The number of nitro groups is 1. The van der Waals surface area contributed by atoms with Crippen LogP contribution in [0, 0.1) is 23.0 Å². The van der Waals surface area contributed by atoms with E-state index in [1.165, 1.54) is 6.20 Å². The van der Waals surface area contributed by atoms with E-state index in [0.717, 1.165) is 19.5 Å². The number of aryl methyl sites for hydroxylation is 1. The number of pyridine rings is 1. The second-order valence-electron chi connectivity index (χ2n) is 4.21. The van der Waals surface area contributed by atoms with Crippen molar-refractivity contribution in [2.75, 3.05) is 19.7 Å². The molecule has 0 saturated carbocycles. The molecule has 0 aromatic carbocycles. The molecule has 6 heteroatoms.